The van der Waals surface area contributed by atoms with E-state index >= 15 is 0 Å². The zero-order valence-corrected chi connectivity index (χ0v) is 12.5. The van der Waals surface area contributed by atoms with Crippen molar-refractivity contribution in [2.45, 2.75) is 32.7 Å². The summed E-state index contributed by atoms with van der Waals surface area (Å²) in [5.41, 5.74) is 0.126. The summed E-state index contributed by atoms with van der Waals surface area (Å²) in [6.45, 7) is 7.52. The molecule has 0 aromatic heterocycles. The number of anilines is 1. The van der Waals surface area contributed by atoms with E-state index in [4.69, 9.17) is 0 Å². The van der Waals surface area contributed by atoms with E-state index in [0.29, 0.717) is 11.6 Å². The van der Waals surface area contributed by atoms with Gasteiger partial charge in [0.15, 0.2) is 0 Å². The molecular formula is C15H22FN3O2. The molecule has 6 heteroatoms. The quantitative estimate of drug-likeness (QED) is 0.669. The van der Waals surface area contributed by atoms with E-state index in [1.807, 2.05) is 0 Å². The van der Waals surface area contributed by atoms with Crippen LogP contribution < -0.4 is 5.32 Å². The molecule has 0 spiro atoms. The SMILES string of the molecule is CCN1CCC(C(C)Nc2ccc(F)c([N+](=O)[O-])c2)CC1. The number of nitrogens with one attached hydrogen (secondary N) is 1. The molecule has 0 radical (unpaired) electrons. The zero-order valence-electron chi connectivity index (χ0n) is 12.5. The Morgan fingerprint density at radius 2 is 2.14 bits per heavy atom. The molecular weight excluding hydrogens is 273 g/mol. The number of hydrogen-bond donors (Lipinski definition) is 1. The lowest BCUT2D eigenvalue weighted by molar-refractivity contribution is -0.387. The number of hydrogen-bond acceptors (Lipinski definition) is 4. The summed E-state index contributed by atoms with van der Waals surface area (Å²) in [6, 6.07) is 4.19. The third-order valence-corrected chi connectivity index (χ3v) is 4.32. The Kier molecular flexibility index (Phi) is 5.12. The van der Waals surface area contributed by atoms with Crippen LogP contribution in [0.15, 0.2) is 18.2 Å². The number of likely N-dealkylation sites (tertiary alicyclic amines) is 1. The molecule has 1 unspecified atom stereocenters. The van der Waals surface area contributed by atoms with Gasteiger partial charge < -0.3 is 10.2 Å². The molecule has 21 heavy (non-hydrogen) atoms. The first kappa shape index (κ1) is 15.7. The highest BCUT2D eigenvalue weighted by molar-refractivity contribution is 5.52. The minimum atomic E-state index is -0.797. The van der Waals surface area contributed by atoms with Crippen LogP contribution in [0, 0.1) is 21.8 Å². The van der Waals surface area contributed by atoms with Crippen molar-refractivity contribution in [1.82, 2.24) is 4.90 Å². The van der Waals surface area contributed by atoms with Gasteiger partial charge in [-0.15, -0.1) is 0 Å². The van der Waals surface area contributed by atoms with E-state index in [1.165, 1.54) is 6.07 Å². The molecule has 0 saturated carbocycles. The maximum Gasteiger partial charge on any atom is 0.306 e. The van der Waals surface area contributed by atoms with E-state index in [0.717, 1.165) is 38.5 Å². The number of nitro benzene ring substituents is 1. The number of rotatable bonds is 5. The van der Waals surface area contributed by atoms with Crippen LogP contribution in [-0.2, 0) is 0 Å². The summed E-state index contributed by atoms with van der Waals surface area (Å²) in [7, 11) is 0. The summed E-state index contributed by atoms with van der Waals surface area (Å²) in [6.07, 6.45) is 2.23. The second-order valence-corrected chi connectivity index (χ2v) is 5.63. The maximum atomic E-state index is 13.3. The summed E-state index contributed by atoms with van der Waals surface area (Å²) in [5, 5.41) is 14.0. The lowest BCUT2D eigenvalue weighted by atomic mass is 9.90. The minimum absolute atomic E-state index is 0.217. The van der Waals surface area contributed by atoms with Gasteiger partial charge in [0.2, 0.25) is 5.82 Å². The van der Waals surface area contributed by atoms with Crippen LogP contribution >= 0.6 is 0 Å². The van der Waals surface area contributed by atoms with Crippen molar-refractivity contribution >= 4 is 11.4 Å². The molecule has 1 saturated heterocycles. The Balaban J connectivity index is 1.98. The van der Waals surface area contributed by atoms with Gasteiger partial charge in [0, 0.05) is 17.8 Å². The number of piperidine rings is 1. The van der Waals surface area contributed by atoms with Crippen LogP contribution in [0.1, 0.15) is 26.7 Å². The highest BCUT2D eigenvalue weighted by Gasteiger charge is 2.23. The van der Waals surface area contributed by atoms with Gasteiger partial charge in [-0.3, -0.25) is 10.1 Å². The second kappa shape index (κ2) is 6.85. The van der Waals surface area contributed by atoms with Crippen LogP contribution in [0.4, 0.5) is 15.8 Å². The summed E-state index contributed by atoms with van der Waals surface area (Å²) in [5.74, 6) is -0.258. The van der Waals surface area contributed by atoms with Crippen molar-refractivity contribution in [3.8, 4) is 0 Å². The molecule has 1 aromatic rings. The van der Waals surface area contributed by atoms with Crippen molar-refractivity contribution in [3.63, 3.8) is 0 Å². The van der Waals surface area contributed by atoms with Gasteiger partial charge in [-0.25, -0.2) is 0 Å². The molecule has 1 aliphatic rings. The van der Waals surface area contributed by atoms with Crippen LogP contribution in [-0.4, -0.2) is 35.5 Å². The van der Waals surface area contributed by atoms with Gasteiger partial charge in [0.05, 0.1) is 4.92 Å². The second-order valence-electron chi connectivity index (χ2n) is 5.63. The lowest BCUT2D eigenvalue weighted by Gasteiger charge is -2.34. The first-order valence-corrected chi connectivity index (χ1v) is 7.44. The Labute approximate surface area is 124 Å². The first-order valence-electron chi connectivity index (χ1n) is 7.44. The molecule has 1 N–H and O–H groups in total. The van der Waals surface area contributed by atoms with Gasteiger partial charge in [0.1, 0.15) is 0 Å². The van der Waals surface area contributed by atoms with Gasteiger partial charge in [-0.05, 0) is 57.5 Å². The average Bonchev–Trinajstić information content (AvgIpc) is 2.49. The number of nitro groups is 1. The smallest absolute Gasteiger partial charge is 0.306 e. The zero-order chi connectivity index (χ0) is 15.4. The average molecular weight is 295 g/mol. The molecule has 5 nitrogen and oxygen atoms in total. The predicted octanol–water partition coefficient (Wildman–Crippen LogP) is 3.27. The lowest BCUT2D eigenvalue weighted by Crippen LogP contribution is -2.39. The molecule has 1 heterocycles. The van der Waals surface area contributed by atoms with Gasteiger partial charge in [-0.2, -0.15) is 4.39 Å². The summed E-state index contributed by atoms with van der Waals surface area (Å²) < 4.78 is 13.3. The number of nitrogens with zero attached hydrogens (tertiary/aromatic N) is 2. The Hall–Kier alpha value is -1.69. The predicted molar refractivity (Wildman–Crippen MR) is 81.0 cm³/mol. The van der Waals surface area contributed by atoms with Crippen LogP contribution in [0.25, 0.3) is 0 Å². The Morgan fingerprint density at radius 3 is 2.71 bits per heavy atom. The molecule has 0 amide bonds. The van der Waals surface area contributed by atoms with E-state index in [2.05, 4.69) is 24.1 Å². The van der Waals surface area contributed by atoms with E-state index in [-0.39, 0.29) is 6.04 Å². The van der Waals surface area contributed by atoms with Crippen molar-refractivity contribution in [2.24, 2.45) is 5.92 Å². The topological polar surface area (TPSA) is 58.4 Å². The third kappa shape index (κ3) is 3.91. The Bertz CT molecular complexity index is 502. The standard InChI is InChI=1S/C15H22FN3O2/c1-3-18-8-6-12(7-9-18)11(2)17-13-4-5-14(16)15(10-13)19(20)21/h4-5,10-12,17H,3,6-9H2,1-2H3. The van der Waals surface area contributed by atoms with E-state index in [1.54, 1.807) is 6.07 Å². The maximum absolute atomic E-state index is 13.3. The molecule has 1 aliphatic heterocycles. The fraction of sp³-hybridized carbons (Fsp3) is 0.600. The number of halogens is 1. The van der Waals surface area contributed by atoms with Crippen LogP contribution in [0.2, 0.25) is 0 Å². The highest BCUT2D eigenvalue weighted by atomic mass is 19.1. The molecule has 1 aromatic carbocycles. The van der Waals surface area contributed by atoms with Crippen molar-refractivity contribution in [1.29, 1.82) is 0 Å². The molecule has 0 aliphatic carbocycles. The monoisotopic (exact) mass is 295 g/mol. The number of benzene rings is 1. The molecule has 116 valence electrons. The third-order valence-electron chi connectivity index (χ3n) is 4.32. The van der Waals surface area contributed by atoms with Gasteiger partial charge in [-0.1, -0.05) is 6.92 Å². The van der Waals surface area contributed by atoms with Crippen molar-refractivity contribution in [2.75, 3.05) is 25.0 Å². The molecule has 1 atom stereocenters. The van der Waals surface area contributed by atoms with Gasteiger partial charge >= 0.3 is 5.69 Å². The van der Waals surface area contributed by atoms with Crippen LogP contribution in [0.3, 0.4) is 0 Å². The fourth-order valence-electron chi connectivity index (χ4n) is 2.89. The Morgan fingerprint density at radius 1 is 1.48 bits per heavy atom. The van der Waals surface area contributed by atoms with Gasteiger partial charge in [0.25, 0.3) is 0 Å². The van der Waals surface area contributed by atoms with Crippen molar-refractivity contribution < 1.29 is 9.31 Å². The molecule has 2 rings (SSSR count). The fourth-order valence-corrected chi connectivity index (χ4v) is 2.89. The highest BCUT2D eigenvalue weighted by Crippen LogP contribution is 2.26. The normalized spacial score (nSPS) is 18.4. The molecule has 1 fully saturated rings. The van der Waals surface area contributed by atoms with E-state index in [9.17, 15) is 14.5 Å². The minimum Gasteiger partial charge on any atom is -0.382 e. The van der Waals surface area contributed by atoms with Crippen molar-refractivity contribution in [3.05, 3.63) is 34.1 Å². The first-order chi connectivity index (χ1) is 10.0. The summed E-state index contributed by atoms with van der Waals surface area (Å²) in [4.78, 5) is 12.5. The molecule has 0 bridgehead atoms. The largest absolute Gasteiger partial charge is 0.382 e. The summed E-state index contributed by atoms with van der Waals surface area (Å²) >= 11 is 0. The van der Waals surface area contributed by atoms with Crippen LogP contribution in [0.5, 0.6) is 0 Å². The van der Waals surface area contributed by atoms with E-state index < -0.39 is 16.4 Å².